The first-order valence-electron chi connectivity index (χ1n) is 5.53. The lowest BCUT2D eigenvalue weighted by atomic mass is 10.1. The van der Waals surface area contributed by atoms with E-state index in [1.807, 2.05) is 11.8 Å². The predicted molar refractivity (Wildman–Crippen MR) is 69.3 cm³/mol. The van der Waals surface area contributed by atoms with Gasteiger partial charge in [-0.3, -0.25) is 0 Å². The Balaban J connectivity index is 2.33. The molecule has 0 bridgehead atoms. The average Bonchev–Trinajstić information content (AvgIpc) is 2.16. The molecular weight excluding hydrogens is 202 g/mol. The van der Waals surface area contributed by atoms with E-state index in [4.69, 9.17) is 5.73 Å². The second-order valence-electron chi connectivity index (χ2n) is 4.51. The lowest BCUT2D eigenvalue weighted by molar-refractivity contribution is 0.524. The van der Waals surface area contributed by atoms with E-state index in [9.17, 15) is 0 Å². The van der Waals surface area contributed by atoms with Gasteiger partial charge in [0.15, 0.2) is 0 Å². The third-order valence-corrected chi connectivity index (χ3v) is 3.46. The van der Waals surface area contributed by atoms with Crippen molar-refractivity contribution in [2.24, 2.45) is 11.7 Å². The van der Waals surface area contributed by atoms with Crippen LogP contribution in [0.2, 0.25) is 0 Å². The molecule has 1 nitrogen and oxygen atoms in total. The highest BCUT2D eigenvalue weighted by atomic mass is 32.2. The molecule has 0 saturated carbocycles. The van der Waals surface area contributed by atoms with Crippen LogP contribution < -0.4 is 5.73 Å². The van der Waals surface area contributed by atoms with Gasteiger partial charge < -0.3 is 5.73 Å². The molecule has 0 spiro atoms. The molecule has 0 aliphatic carbocycles. The zero-order valence-corrected chi connectivity index (χ0v) is 10.7. The molecule has 0 aliphatic rings. The molecule has 1 aromatic rings. The molecule has 0 radical (unpaired) electrons. The van der Waals surface area contributed by atoms with Crippen molar-refractivity contribution in [2.75, 3.05) is 5.75 Å². The lowest BCUT2D eigenvalue weighted by Crippen LogP contribution is -2.24. The Labute approximate surface area is 97.4 Å². The highest BCUT2D eigenvalue weighted by Crippen LogP contribution is 2.20. The summed E-state index contributed by atoms with van der Waals surface area (Å²) < 4.78 is 0. The Bertz CT molecular complexity index is 279. The number of thioether (sulfide) groups is 1. The second-order valence-corrected chi connectivity index (χ2v) is 5.61. The average molecular weight is 223 g/mol. The second kappa shape index (κ2) is 6.19. The molecule has 84 valence electrons. The predicted octanol–water partition coefficient (Wildman–Crippen LogP) is 3.46. The topological polar surface area (TPSA) is 26.0 Å². The first kappa shape index (κ1) is 12.6. The van der Waals surface area contributed by atoms with Crippen molar-refractivity contribution in [3.63, 3.8) is 0 Å². The smallest absolute Gasteiger partial charge is 0.0136 e. The van der Waals surface area contributed by atoms with Crippen LogP contribution in [0.5, 0.6) is 0 Å². The van der Waals surface area contributed by atoms with Crippen LogP contribution in [0.25, 0.3) is 0 Å². The SMILES string of the molecule is Cc1ccc(SCC(N)CC(C)C)cc1. The van der Waals surface area contributed by atoms with Crippen LogP contribution in [0.3, 0.4) is 0 Å². The molecule has 1 atom stereocenters. The van der Waals surface area contributed by atoms with Gasteiger partial charge in [-0.2, -0.15) is 0 Å². The Morgan fingerprint density at radius 2 is 1.80 bits per heavy atom. The fourth-order valence-electron chi connectivity index (χ4n) is 1.51. The molecule has 0 heterocycles. The fourth-order valence-corrected chi connectivity index (χ4v) is 2.38. The summed E-state index contributed by atoms with van der Waals surface area (Å²) in [6.45, 7) is 6.55. The molecule has 0 amide bonds. The van der Waals surface area contributed by atoms with Crippen molar-refractivity contribution in [1.29, 1.82) is 0 Å². The maximum absolute atomic E-state index is 6.03. The van der Waals surface area contributed by atoms with E-state index in [1.54, 1.807) is 0 Å². The monoisotopic (exact) mass is 223 g/mol. The number of rotatable bonds is 5. The summed E-state index contributed by atoms with van der Waals surface area (Å²) >= 11 is 1.85. The molecule has 1 aromatic carbocycles. The van der Waals surface area contributed by atoms with Gasteiger partial charge in [-0.1, -0.05) is 31.5 Å². The van der Waals surface area contributed by atoms with Gasteiger partial charge in [0.25, 0.3) is 0 Å². The van der Waals surface area contributed by atoms with E-state index < -0.39 is 0 Å². The minimum atomic E-state index is 0.316. The minimum absolute atomic E-state index is 0.316. The highest BCUT2D eigenvalue weighted by Gasteiger charge is 2.05. The van der Waals surface area contributed by atoms with E-state index in [2.05, 4.69) is 45.0 Å². The molecule has 0 saturated heterocycles. The van der Waals surface area contributed by atoms with E-state index in [1.165, 1.54) is 10.5 Å². The molecule has 2 N–H and O–H groups in total. The molecule has 1 unspecified atom stereocenters. The van der Waals surface area contributed by atoms with Gasteiger partial charge in [0.2, 0.25) is 0 Å². The lowest BCUT2D eigenvalue weighted by Gasteiger charge is -2.13. The van der Waals surface area contributed by atoms with Gasteiger partial charge in [0, 0.05) is 16.7 Å². The minimum Gasteiger partial charge on any atom is -0.327 e. The summed E-state index contributed by atoms with van der Waals surface area (Å²) in [6, 6.07) is 8.95. The van der Waals surface area contributed by atoms with Gasteiger partial charge in [0.1, 0.15) is 0 Å². The first-order chi connectivity index (χ1) is 7.08. The molecular formula is C13H21NS. The third-order valence-electron chi connectivity index (χ3n) is 2.26. The van der Waals surface area contributed by atoms with Crippen LogP contribution in [0.1, 0.15) is 25.8 Å². The van der Waals surface area contributed by atoms with E-state index in [0.29, 0.717) is 12.0 Å². The summed E-state index contributed by atoms with van der Waals surface area (Å²) in [6.07, 6.45) is 1.11. The number of benzene rings is 1. The summed E-state index contributed by atoms with van der Waals surface area (Å²) in [5, 5.41) is 0. The zero-order chi connectivity index (χ0) is 11.3. The molecule has 1 rings (SSSR count). The molecule has 0 aromatic heterocycles. The summed E-state index contributed by atoms with van der Waals surface area (Å²) in [7, 11) is 0. The van der Waals surface area contributed by atoms with Crippen LogP contribution >= 0.6 is 11.8 Å². The number of aryl methyl sites for hydroxylation is 1. The molecule has 2 heteroatoms. The number of hydrogen-bond acceptors (Lipinski definition) is 2. The summed E-state index contributed by atoms with van der Waals surface area (Å²) in [4.78, 5) is 1.32. The quantitative estimate of drug-likeness (QED) is 0.774. The van der Waals surface area contributed by atoms with Gasteiger partial charge >= 0.3 is 0 Å². The van der Waals surface area contributed by atoms with E-state index in [0.717, 1.165) is 12.2 Å². The van der Waals surface area contributed by atoms with E-state index >= 15 is 0 Å². The summed E-state index contributed by atoms with van der Waals surface area (Å²) in [5.41, 5.74) is 7.34. The largest absolute Gasteiger partial charge is 0.327 e. The van der Waals surface area contributed by atoms with Crippen molar-refractivity contribution in [2.45, 2.75) is 38.1 Å². The molecule has 0 aliphatic heterocycles. The number of nitrogens with two attached hydrogens (primary N) is 1. The van der Waals surface area contributed by atoms with Gasteiger partial charge in [-0.25, -0.2) is 0 Å². The first-order valence-corrected chi connectivity index (χ1v) is 6.51. The summed E-state index contributed by atoms with van der Waals surface area (Å²) in [5.74, 6) is 1.71. The normalized spacial score (nSPS) is 13.1. The standard InChI is InChI=1S/C13H21NS/c1-10(2)8-12(14)9-15-13-6-4-11(3)5-7-13/h4-7,10,12H,8-9,14H2,1-3H3. The maximum atomic E-state index is 6.03. The van der Waals surface area contributed by atoms with Crippen LogP contribution in [-0.2, 0) is 0 Å². The van der Waals surface area contributed by atoms with Gasteiger partial charge in [-0.15, -0.1) is 11.8 Å². The van der Waals surface area contributed by atoms with Gasteiger partial charge in [-0.05, 0) is 31.4 Å². The van der Waals surface area contributed by atoms with Crippen LogP contribution in [0.4, 0.5) is 0 Å². The Hall–Kier alpha value is -0.470. The zero-order valence-electron chi connectivity index (χ0n) is 9.86. The Morgan fingerprint density at radius 3 is 2.33 bits per heavy atom. The number of hydrogen-bond donors (Lipinski definition) is 1. The van der Waals surface area contributed by atoms with Crippen LogP contribution in [-0.4, -0.2) is 11.8 Å². The fraction of sp³-hybridized carbons (Fsp3) is 0.538. The van der Waals surface area contributed by atoms with E-state index in [-0.39, 0.29) is 0 Å². The van der Waals surface area contributed by atoms with Crippen molar-refractivity contribution in [3.8, 4) is 0 Å². The van der Waals surface area contributed by atoms with Crippen LogP contribution in [0, 0.1) is 12.8 Å². The molecule has 0 fully saturated rings. The third kappa shape index (κ3) is 5.24. The maximum Gasteiger partial charge on any atom is 0.0136 e. The van der Waals surface area contributed by atoms with Crippen molar-refractivity contribution < 1.29 is 0 Å². The molecule has 15 heavy (non-hydrogen) atoms. The Kier molecular flexibility index (Phi) is 5.20. The Morgan fingerprint density at radius 1 is 1.20 bits per heavy atom. The van der Waals surface area contributed by atoms with Crippen molar-refractivity contribution in [3.05, 3.63) is 29.8 Å². The highest BCUT2D eigenvalue weighted by molar-refractivity contribution is 7.99. The van der Waals surface area contributed by atoms with Crippen molar-refractivity contribution >= 4 is 11.8 Å². The van der Waals surface area contributed by atoms with Crippen LogP contribution in [0.15, 0.2) is 29.2 Å². The van der Waals surface area contributed by atoms with Crippen molar-refractivity contribution in [1.82, 2.24) is 0 Å². The van der Waals surface area contributed by atoms with Gasteiger partial charge in [0.05, 0.1) is 0 Å².